The Bertz CT molecular complexity index is 399. The van der Waals surface area contributed by atoms with E-state index < -0.39 is 24.7 Å². The average molecular weight is 258 g/mol. The van der Waals surface area contributed by atoms with Crippen LogP contribution in [0, 0.1) is 0 Å². The lowest BCUT2D eigenvalue weighted by Crippen LogP contribution is -2.23. The first-order valence-electron chi connectivity index (χ1n) is 5.64. The first-order valence-corrected chi connectivity index (χ1v) is 5.64. The fraction of sp³-hybridized carbons (Fsp3) is 0.462. The van der Waals surface area contributed by atoms with Gasteiger partial charge in [0.25, 0.3) is 5.92 Å². The van der Waals surface area contributed by atoms with Gasteiger partial charge in [-0.2, -0.15) is 0 Å². The molecule has 0 aliphatic heterocycles. The number of hydrogen-bond donors (Lipinski definition) is 1. The Hall–Kier alpha value is -1.65. The van der Waals surface area contributed by atoms with E-state index in [1.807, 2.05) is 13.8 Å². The highest BCUT2D eigenvalue weighted by Gasteiger charge is 2.32. The van der Waals surface area contributed by atoms with Crippen molar-refractivity contribution in [1.29, 1.82) is 0 Å². The third-order valence-electron chi connectivity index (χ3n) is 2.17. The van der Waals surface area contributed by atoms with E-state index >= 15 is 0 Å². The van der Waals surface area contributed by atoms with Crippen LogP contribution in [0.1, 0.15) is 25.8 Å². The quantitative estimate of drug-likeness (QED) is 0.852. The number of carboxylic acids is 1. The number of halogens is 2. The van der Waals surface area contributed by atoms with E-state index in [4.69, 9.17) is 9.84 Å². The molecule has 1 N–H and O–H groups in total. The summed E-state index contributed by atoms with van der Waals surface area (Å²) < 4.78 is 31.9. The highest BCUT2D eigenvalue weighted by atomic mass is 19.3. The molecule has 5 heteroatoms. The molecule has 0 aliphatic rings. The summed E-state index contributed by atoms with van der Waals surface area (Å²) in [7, 11) is 0. The van der Waals surface area contributed by atoms with Crippen molar-refractivity contribution in [1.82, 2.24) is 0 Å². The highest BCUT2D eigenvalue weighted by Crippen LogP contribution is 2.25. The number of rotatable bonds is 6. The third kappa shape index (κ3) is 5.12. The number of carbonyl (C=O) groups is 1. The van der Waals surface area contributed by atoms with Gasteiger partial charge in [0.1, 0.15) is 12.2 Å². The second-order valence-corrected chi connectivity index (χ2v) is 4.41. The molecule has 1 aromatic rings. The lowest BCUT2D eigenvalue weighted by Gasteiger charge is -2.14. The Morgan fingerprint density at radius 1 is 1.33 bits per heavy atom. The number of aliphatic carboxylic acids is 1. The van der Waals surface area contributed by atoms with Gasteiger partial charge in [-0.15, -0.1) is 0 Å². The fourth-order valence-electron chi connectivity index (χ4n) is 1.54. The molecule has 1 aromatic carbocycles. The van der Waals surface area contributed by atoms with Gasteiger partial charge < -0.3 is 9.84 Å². The van der Waals surface area contributed by atoms with Crippen molar-refractivity contribution in [2.24, 2.45) is 0 Å². The number of alkyl halides is 2. The molecule has 0 amide bonds. The van der Waals surface area contributed by atoms with Crippen molar-refractivity contribution in [2.45, 2.75) is 38.7 Å². The van der Waals surface area contributed by atoms with Crippen molar-refractivity contribution >= 4 is 5.97 Å². The maximum absolute atomic E-state index is 13.3. The fourth-order valence-corrected chi connectivity index (χ4v) is 1.54. The second-order valence-electron chi connectivity index (χ2n) is 4.41. The average Bonchev–Trinajstić information content (AvgIpc) is 2.17. The van der Waals surface area contributed by atoms with Crippen LogP contribution in [0.25, 0.3) is 0 Å². The zero-order valence-corrected chi connectivity index (χ0v) is 10.3. The lowest BCUT2D eigenvalue weighted by molar-refractivity contribution is -0.144. The van der Waals surface area contributed by atoms with E-state index in [1.54, 1.807) is 12.1 Å². The smallest absolute Gasteiger partial charge is 0.309 e. The van der Waals surface area contributed by atoms with Gasteiger partial charge in [-0.1, -0.05) is 12.1 Å². The first kappa shape index (κ1) is 14.4. The SMILES string of the molecule is CC(C)Oc1ccc(CC(F)(F)CC(=O)O)cc1. The highest BCUT2D eigenvalue weighted by molar-refractivity contribution is 5.67. The van der Waals surface area contributed by atoms with Crippen molar-refractivity contribution in [2.75, 3.05) is 0 Å². The summed E-state index contributed by atoms with van der Waals surface area (Å²) in [5, 5.41) is 8.37. The molecule has 0 aromatic heterocycles. The van der Waals surface area contributed by atoms with Gasteiger partial charge in [-0.05, 0) is 31.5 Å². The molecule has 100 valence electrons. The van der Waals surface area contributed by atoms with E-state index in [0.29, 0.717) is 11.3 Å². The standard InChI is InChI=1S/C13H16F2O3/c1-9(2)18-11-5-3-10(4-6-11)7-13(14,15)8-12(16)17/h3-6,9H,7-8H2,1-2H3,(H,16,17). The predicted octanol–water partition coefficient (Wildman–Crippen LogP) is 3.13. The minimum Gasteiger partial charge on any atom is -0.491 e. The van der Waals surface area contributed by atoms with Crippen LogP contribution in [-0.2, 0) is 11.2 Å². The molecule has 0 fully saturated rings. The maximum Gasteiger partial charge on any atom is 0.309 e. The van der Waals surface area contributed by atoms with Gasteiger partial charge in [0.05, 0.1) is 6.10 Å². The van der Waals surface area contributed by atoms with Crippen LogP contribution in [-0.4, -0.2) is 23.1 Å². The summed E-state index contributed by atoms with van der Waals surface area (Å²) >= 11 is 0. The van der Waals surface area contributed by atoms with Crippen LogP contribution in [0.5, 0.6) is 5.75 Å². The molecular formula is C13H16F2O3. The minimum atomic E-state index is -3.23. The van der Waals surface area contributed by atoms with Crippen molar-refractivity contribution in [3.8, 4) is 5.75 Å². The number of benzene rings is 1. The van der Waals surface area contributed by atoms with Gasteiger partial charge in [0, 0.05) is 6.42 Å². The zero-order chi connectivity index (χ0) is 13.8. The number of hydrogen-bond acceptors (Lipinski definition) is 2. The normalized spacial score (nSPS) is 11.6. The summed E-state index contributed by atoms with van der Waals surface area (Å²) in [4.78, 5) is 10.3. The topological polar surface area (TPSA) is 46.5 Å². The molecule has 0 spiro atoms. The van der Waals surface area contributed by atoms with E-state index in [-0.39, 0.29) is 6.10 Å². The summed E-state index contributed by atoms with van der Waals surface area (Å²) in [5.74, 6) is -4.12. The number of ether oxygens (including phenoxy) is 1. The minimum absolute atomic E-state index is 0.0179. The van der Waals surface area contributed by atoms with Crippen LogP contribution in [0.4, 0.5) is 8.78 Å². The van der Waals surface area contributed by atoms with Crippen LogP contribution >= 0.6 is 0 Å². The molecular weight excluding hydrogens is 242 g/mol. The summed E-state index contributed by atoms with van der Waals surface area (Å²) in [5.41, 5.74) is 0.386. The monoisotopic (exact) mass is 258 g/mol. The summed E-state index contributed by atoms with van der Waals surface area (Å²) in [6.07, 6.45) is -1.72. The third-order valence-corrected chi connectivity index (χ3v) is 2.17. The Labute approximate surface area is 104 Å². The molecule has 0 aliphatic carbocycles. The Morgan fingerprint density at radius 2 is 1.89 bits per heavy atom. The molecule has 1 rings (SSSR count). The summed E-state index contributed by atoms with van der Waals surface area (Å²) in [6, 6.07) is 6.25. The van der Waals surface area contributed by atoms with Crippen molar-refractivity contribution < 1.29 is 23.4 Å². The molecule has 18 heavy (non-hydrogen) atoms. The molecule has 0 saturated carbocycles. The van der Waals surface area contributed by atoms with E-state index in [0.717, 1.165) is 0 Å². The van der Waals surface area contributed by atoms with Crippen LogP contribution in [0.15, 0.2) is 24.3 Å². The molecule has 0 heterocycles. The summed E-state index contributed by atoms with van der Waals surface area (Å²) in [6.45, 7) is 3.74. The van der Waals surface area contributed by atoms with Gasteiger partial charge in [-0.25, -0.2) is 8.78 Å². The number of carboxylic acid groups (broad SMARTS) is 1. The molecule has 0 radical (unpaired) electrons. The van der Waals surface area contributed by atoms with Gasteiger partial charge in [-0.3, -0.25) is 4.79 Å². The lowest BCUT2D eigenvalue weighted by atomic mass is 10.0. The largest absolute Gasteiger partial charge is 0.491 e. The predicted molar refractivity (Wildman–Crippen MR) is 63.1 cm³/mol. The molecule has 0 unspecified atom stereocenters. The Kier molecular flexibility index (Phi) is 4.64. The molecule has 0 atom stereocenters. The van der Waals surface area contributed by atoms with E-state index in [1.165, 1.54) is 12.1 Å². The van der Waals surface area contributed by atoms with E-state index in [2.05, 4.69) is 0 Å². The van der Waals surface area contributed by atoms with Gasteiger partial charge >= 0.3 is 5.97 Å². The van der Waals surface area contributed by atoms with Crippen molar-refractivity contribution in [3.05, 3.63) is 29.8 Å². The van der Waals surface area contributed by atoms with Gasteiger partial charge in [0.2, 0.25) is 0 Å². The van der Waals surface area contributed by atoms with Crippen LogP contribution in [0.2, 0.25) is 0 Å². The Morgan fingerprint density at radius 3 is 2.33 bits per heavy atom. The second kappa shape index (κ2) is 5.80. The molecule has 0 bridgehead atoms. The zero-order valence-electron chi connectivity index (χ0n) is 10.3. The first-order chi connectivity index (χ1) is 8.28. The van der Waals surface area contributed by atoms with Crippen LogP contribution in [0.3, 0.4) is 0 Å². The maximum atomic E-state index is 13.3. The van der Waals surface area contributed by atoms with Crippen LogP contribution < -0.4 is 4.74 Å². The van der Waals surface area contributed by atoms with Gasteiger partial charge in [0.15, 0.2) is 0 Å². The molecule has 3 nitrogen and oxygen atoms in total. The van der Waals surface area contributed by atoms with Crippen molar-refractivity contribution in [3.63, 3.8) is 0 Å². The van der Waals surface area contributed by atoms with E-state index in [9.17, 15) is 13.6 Å². The Balaban J connectivity index is 2.65. The molecule has 0 saturated heterocycles.